The van der Waals surface area contributed by atoms with Gasteiger partial charge in [0.1, 0.15) is 11.6 Å². The number of rotatable bonds is 6. The highest BCUT2D eigenvalue weighted by molar-refractivity contribution is 5.60. The van der Waals surface area contributed by atoms with Crippen LogP contribution in [0.2, 0.25) is 0 Å². The SMILES string of the molecule is CCC(CO)(CO)Nc1ccc(C#N)c([N+](=O)[O-])c1. The molecule has 19 heavy (non-hydrogen) atoms. The van der Waals surface area contributed by atoms with E-state index in [1.54, 1.807) is 13.0 Å². The van der Waals surface area contributed by atoms with Gasteiger partial charge in [0.15, 0.2) is 0 Å². The molecule has 0 spiro atoms. The van der Waals surface area contributed by atoms with E-state index in [1.807, 2.05) is 0 Å². The molecule has 0 aliphatic rings. The van der Waals surface area contributed by atoms with Crippen molar-refractivity contribution in [3.8, 4) is 6.07 Å². The molecule has 0 bridgehead atoms. The van der Waals surface area contributed by atoms with Gasteiger partial charge < -0.3 is 15.5 Å². The predicted octanol–water partition coefficient (Wildman–Crippen LogP) is 1.01. The largest absolute Gasteiger partial charge is 0.394 e. The van der Waals surface area contributed by atoms with E-state index in [2.05, 4.69) is 5.32 Å². The molecule has 102 valence electrons. The number of benzene rings is 1. The van der Waals surface area contributed by atoms with Crippen molar-refractivity contribution >= 4 is 11.4 Å². The molecule has 1 aromatic rings. The molecule has 0 aromatic heterocycles. The summed E-state index contributed by atoms with van der Waals surface area (Å²) in [6.45, 7) is 1.15. The van der Waals surface area contributed by atoms with Crippen molar-refractivity contribution in [2.75, 3.05) is 18.5 Å². The lowest BCUT2D eigenvalue weighted by atomic mass is 9.97. The Morgan fingerprint density at radius 2 is 2.11 bits per heavy atom. The molecular formula is C12H15N3O4. The first kappa shape index (κ1) is 14.9. The number of nitro benzene ring substituents is 1. The van der Waals surface area contributed by atoms with Crippen LogP contribution < -0.4 is 5.32 Å². The third kappa shape index (κ3) is 3.19. The first-order valence-corrected chi connectivity index (χ1v) is 5.70. The van der Waals surface area contributed by atoms with E-state index < -0.39 is 10.5 Å². The minimum atomic E-state index is -0.942. The summed E-state index contributed by atoms with van der Waals surface area (Å²) in [6, 6.07) is 5.79. The minimum Gasteiger partial charge on any atom is -0.394 e. The number of aliphatic hydroxyl groups is 2. The fourth-order valence-corrected chi connectivity index (χ4v) is 1.60. The normalized spacial score (nSPS) is 10.8. The number of nitrogens with zero attached hydrogens (tertiary/aromatic N) is 2. The highest BCUT2D eigenvalue weighted by Crippen LogP contribution is 2.25. The number of nitro groups is 1. The van der Waals surface area contributed by atoms with Gasteiger partial charge in [0.05, 0.1) is 23.7 Å². The minimum absolute atomic E-state index is 0.0364. The third-order valence-corrected chi connectivity index (χ3v) is 3.01. The van der Waals surface area contributed by atoms with Crippen LogP contribution in [-0.2, 0) is 0 Å². The topological polar surface area (TPSA) is 119 Å². The lowest BCUT2D eigenvalue weighted by molar-refractivity contribution is -0.385. The van der Waals surface area contributed by atoms with Crippen molar-refractivity contribution in [1.29, 1.82) is 5.26 Å². The maximum Gasteiger partial charge on any atom is 0.289 e. The van der Waals surface area contributed by atoms with E-state index in [-0.39, 0.29) is 24.5 Å². The zero-order valence-electron chi connectivity index (χ0n) is 10.5. The summed E-state index contributed by atoms with van der Waals surface area (Å²) >= 11 is 0. The smallest absolute Gasteiger partial charge is 0.289 e. The molecule has 0 saturated heterocycles. The third-order valence-electron chi connectivity index (χ3n) is 3.01. The summed E-state index contributed by atoms with van der Waals surface area (Å²) in [5, 5.41) is 41.1. The quantitative estimate of drug-likeness (QED) is 0.521. The summed E-state index contributed by atoms with van der Waals surface area (Å²) in [4.78, 5) is 10.2. The van der Waals surface area contributed by atoms with E-state index in [9.17, 15) is 20.3 Å². The molecule has 0 aliphatic carbocycles. The molecule has 0 unspecified atom stereocenters. The van der Waals surface area contributed by atoms with Crippen LogP contribution in [0.3, 0.4) is 0 Å². The number of anilines is 1. The molecule has 0 saturated carbocycles. The molecule has 1 rings (SSSR count). The Morgan fingerprint density at radius 1 is 1.47 bits per heavy atom. The molecule has 0 atom stereocenters. The van der Waals surface area contributed by atoms with Crippen molar-refractivity contribution in [1.82, 2.24) is 0 Å². The molecule has 3 N–H and O–H groups in total. The van der Waals surface area contributed by atoms with Crippen molar-refractivity contribution in [2.24, 2.45) is 0 Å². The van der Waals surface area contributed by atoms with Crippen LogP contribution in [0.1, 0.15) is 18.9 Å². The van der Waals surface area contributed by atoms with Gasteiger partial charge in [-0.25, -0.2) is 0 Å². The van der Waals surface area contributed by atoms with Gasteiger partial charge in [-0.15, -0.1) is 0 Å². The molecule has 0 fully saturated rings. The number of hydrogen-bond acceptors (Lipinski definition) is 6. The lowest BCUT2D eigenvalue weighted by Gasteiger charge is -2.30. The summed E-state index contributed by atoms with van der Waals surface area (Å²) < 4.78 is 0. The van der Waals surface area contributed by atoms with E-state index in [0.29, 0.717) is 12.1 Å². The van der Waals surface area contributed by atoms with Gasteiger partial charge in [-0.1, -0.05) is 6.92 Å². The first-order valence-electron chi connectivity index (χ1n) is 5.70. The highest BCUT2D eigenvalue weighted by Gasteiger charge is 2.27. The zero-order valence-corrected chi connectivity index (χ0v) is 10.5. The molecule has 0 radical (unpaired) electrons. The Labute approximate surface area is 110 Å². The first-order chi connectivity index (χ1) is 9.01. The maximum absolute atomic E-state index is 10.8. The van der Waals surface area contributed by atoms with Crippen molar-refractivity contribution in [3.63, 3.8) is 0 Å². The molecule has 1 aromatic carbocycles. The van der Waals surface area contributed by atoms with Gasteiger partial charge >= 0.3 is 0 Å². The van der Waals surface area contributed by atoms with Crippen LogP contribution in [0.15, 0.2) is 18.2 Å². The number of hydrogen-bond donors (Lipinski definition) is 3. The fraction of sp³-hybridized carbons (Fsp3) is 0.417. The van der Waals surface area contributed by atoms with Crippen molar-refractivity contribution in [2.45, 2.75) is 18.9 Å². The van der Waals surface area contributed by atoms with Crippen LogP contribution in [0.25, 0.3) is 0 Å². The monoisotopic (exact) mass is 265 g/mol. The Morgan fingerprint density at radius 3 is 2.53 bits per heavy atom. The van der Waals surface area contributed by atoms with Gasteiger partial charge in [-0.2, -0.15) is 5.26 Å². The van der Waals surface area contributed by atoms with E-state index in [1.165, 1.54) is 18.2 Å². The Hall–Kier alpha value is -2.17. The van der Waals surface area contributed by atoms with Gasteiger partial charge in [-0.3, -0.25) is 10.1 Å². The number of nitriles is 1. The van der Waals surface area contributed by atoms with E-state index in [0.717, 1.165) is 0 Å². The zero-order chi connectivity index (χ0) is 14.5. The predicted molar refractivity (Wildman–Crippen MR) is 68.6 cm³/mol. The van der Waals surface area contributed by atoms with Crippen LogP contribution in [-0.4, -0.2) is 33.9 Å². The Bertz CT molecular complexity index is 498. The van der Waals surface area contributed by atoms with Crippen molar-refractivity contribution in [3.05, 3.63) is 33.9 Å². The second-order valence-corrected chi connectivity index (χ2v) is 4.18. The fourth-order valence-electron chi connectivity index (χ4n) is 1.60. The van der Waals surface area contributed by atoms with Crippen LogP contribution >= 0.6 is 0 Å². The highest BCUT2D eigenvalue weighted by atomic mass is 16.6. The Balaban J connectivity index is 3.13. The number of aliphatic hydroxyl groups excluding tert-OH is 2. The van der Waals surface area contributed by atoms with E-state index >= 15 is 0 Å². The average molecular weight is 265 g/mol. The average Bonchev–Trinajstić information content (AvgIpc) is 2.44. The van der Waals surface area contributed by atoms with Crippen LogP contribution in [0, 0.1) is 21.4 Å². The molecule has 7 heteroatoms. The van der Waals surface area contributed by atoms with Gasteiger partial charge in [0, 0.05) is 11.8 Å². The van der Waals surface area contributed by atoms with E-state index in [4.69, 9.17) is 5.26 Å². The second-order valence-electron chi connectivity index (χ2n) is 4.18. The lowest BCUT2D eigenvalue weighted by Crippen LogP contribution is -2.45. The van der Waals surface area contributed by atoms with Crippen LogP contribution in [0.4, 0.5) is 11.4 Å². The second kappa shape index (κ2) is 6.13. The molecular weight excluding hydrogens is 250 g/mol. The summed E-state index contributed by atoms with van der Waals surface area (Å²) in [5.74, 6) is 0. The van der Waals surface area contributed by atoms with Gasteiger partial charge in [-0.05, 0) is 18.6 Å². The van der Waals surface area contributed by atoms with Crippen molar-refractivity contribution < 1.29 is 15.1 Å². The Kier molecular flexibility index (Phi) is 4.80. The molecule has 7 nitrogen and oxygen atoms in total. The summed E-state index contributed by atoms with van der Waals surface area (Å²) in [6.07, 6.45) is 0.438. The molecule has 0 heterocycles. The molecule has 0 amide bonds. The van der Waals surface area contributed by atoms with Gasteiger partial charge in [0.2, 0.25) is 0 Å². The molecule has 0 aliphatic heterocycles. The maximum atomic E-state index is 10.8. The standard InChI is InChI=1S/C12H15N3O4/c1-2-12(7-16,8-17)14-10-4-3-9(6-13)11(5-10)15(18)19/h3-5,14,16-17H,2,7-8H2,1H3. The van der Waals surface area contributed by atoms with Crippen LogP contribution in [0.5, 0.6) is 0 Å². The number of nitrogens with one attached hydrogen (secondary N) is 1. The summed E-state index contributed by atoms with van der Waals surface area (Å²) in [7, 11) is 0. The summed E-state index contributed by atoms with van der Waals surface area (Å²) in [5.41, 5.74) is -0.920. The van der Waals surface area contributed by atoms with Gasteiger partial charge in [0.25, 0.3) is 5.69 Å².